The van der Waals surface area contributed by atoms with Crippen molar-refractivity contribution in [2.45, 2.75) is 26.4 Å². The molecule has 0 aliphatic carbocycles. The summed E-state index contributed by atoms with van der Waals surface area (Å²) in [5.74, 6) is -0.0558. The maximum absolute atomic E-state index is 12.4. The van der Waals surface area contributed by atoms with Crippen LogP contribution in [0.15, 0.2) is 54.6 Å². The minimum Gasteiger partial charge on any atom is -0.389 e. The number of nitrogens with zero attached hydrogens (tertiary/aromatic N) is 1. The van der Waals surface area contributed by atoms with Crippen LogP contribution in [0.3, 0.4) is 0 Å². The molecule has 0 saturated heterocycles. The van der Waals surface area contributed by atoms with E-state index in [1.165, 1.54) is 5.56 Å². The van der Waals surface area contributed by atoms with E-state index >= 15 is 0 Å². The van der Waals surface area contributed by atoms with Crippen LogP contribution in [-0.4, -0.2) is 28.4 Å². The summed E-state index contributed by atoms with van der Waals surface area (Å²) in [5, 5.41) is 2.91. The highest BCUT2D eigenvalue weighted by molar-refractivity contribution is 7.80. The van der Waals surface area contributed by atoms with Crippen molar-refractivity contribution in [3.8, 4) is 0 Å². The molecule has 3 N–H and O–H groups in total. The van der Waals surface area contributed by atoms with Gasteiger partial charge in [-0.2, -0.15) is 0 Å². The number of benzene rings is 2. The van der Waals surface area contributed by atoms with Crippen LogP contribution in [0.25, 0.3) is 0 Å². The van der Waals surface area contributed by atoms with Gasteiger partial charge in [0, 0.05) is 23.8 Å². The lowest BCUT2D eigenvalue weighted by atomic mass is 10.2. The second kappa shape index (κ2) is 8.57. The van der Waals surface area contributed by atoms with Crippen LogP contribution in [0.5, 0.6) is 0 Å². The molecule has 0 heterocycles. The van der Waals surface area contributed by atoms with Crippen LogP contribution >= 0.6 is 12.2 Å². The smallest absolute Gasteiger partial charge is 0.238 e. The van der Waals surface area contributed by atoms with Gasteiger partial charge in [0.15, 0.2) is 0 Å². The summed E-state index contributed by atoms with van der Waals surface area (Å²) in [4.78, 5) is 14.8. The number of nitrogens with two attached hydrogens (primary N) is 1. The van der Waals surface area contributed by atoms with Crippen LogP contribution in [0.4, 0.5) is 5.69 Å². The van der Waals surface area contributed by atoms with Gasteiger partial charge < -0.3 is 11.1 Å². The predicted molar refractivity (Wildman–Crippen MR) is 103 cm³/mol. The quantitative estimate of drug-likeness (QED) is 0.760. The molecule has 0 aromatic heterocycles. The topological polar surface area (TPSA) is 58.4 Å². The highest BCUT2D eigenvalue weighted by atomic mass is 32.1. The maximum Gasteiger partial charge on any atom is 0.238 e. The molecule has 0 unspecified atom stereocenters. The number of nitrogens with one attached hydrogen (secondary N) is 1. The Morgan fingerprint density at radius 3 is 2.50 bits per heavy atom. The van der Waals surface area contributed by atoms with Gasteiger partial charge in [-0.25, -0.2) is 0 Å². The van der Waals surface area contributed by atoms with Crippen molar-refractivity contribution < 1.29 is 4.79 Å². The molecule has 0 bridgehead atoms. The van der Waals surface area contributed by atoms with Gasteiger partial charge in [-0.05, 0) is 31.5 Å². The van der Waals surface area contributed by atoms with E-state index in [-0.39, 0.29) is 11.9 Å². The Hall–Kier alpha value is -2.24. The van der Waals surface area contributed by atoms with Gasteiger partial charge in [-0.15, -0.1) is 0 Å². The standard InChI is InChI=1S/C19H23N3OS/c1-14(2)22(12-15-7-4-3-5-8-15)13-18(23)21-17-10-6-9-16(11-17)19(20)24/h3-11,14H,12-13H2,1-2H3,(H2,20,24)(H,21,23). The second-order valence-corrected chi connectivity index (χ2v) is 6.42. The van der Waals surface area contributed by atoms with Crippen LogP contribution in [0.1, 0.15) is 25.0 Å². The number of hydrogen-bond donors (Lipinski definition) is 2. The molecule has 0 spiro atoms. The first-order chi connectivity index (χ1) is 11.5. The Morgan fingerprint density at radius 2 is 1.88 bits per heavy atom. The van der Waals surface area contributed by atoms with Crippen LogP contribution in [-0.2, 0) is 11.3 Å². The van der Waals surface area contributed by atoms with Gasteiger partial charge in [0.05, 0.1) is 6.54 Å². The van der Waals surface area contributed by atoms with Crippen LogP contribution in [0.2, 0.25) is 0 Å². The van der Waals surface area contributed by atoms with E-state index in [9.17, 15) is 4.79 Å². The summed E-state index contributed by atoms with van der Waals surface area (Å²) in [7, 11) is 0. The largest absolute Gasteiger partial charge is 0.389 e. The number of carbonyl (C=O) groups excluding carboxylic acids is 1. The second-order valence-electron chi connectivity index (χ2n) is 5.98. The first-order valence-electron chi connectivity index (χ1n) is 7.93. The fraction of sp³-hybridized carbons (Fsp3) is 0.263. The summed E-state index contributed by atoms with van der Waals surface area (Å²) >= 11 is 4.97. The van der Waals surface area contributed by atoms with E-state index in [1.54, 1.807) is 6.07 Å². The lowest BCUT2D eigenvalue weighted by molar-refractivity contribution is -0.117. The Balaban J connectivity index is 2.00. The number of carbonyl (C=O) groups is 1. The molecule has 2 aromatic rings. The Bertz CT molecular complexity index is 701. The molecule has 0 saturated carbocycles. The van der Waals surface area contributed by atoms with E-state index in [1.807, 2.05) is 36.4 Å². The molecule has 4 nitrogen and oxygen atoms in total. The number of anilines is 1. The third-order valence-corrected chi connectivity index (χ3v) is 3.97. The molecule has 0 aliphatic heterocycles. The van der Waals surface area contributed by atoms with Crippen LogP contribution in [0, 0.1) is 0 Å². The van der Waals surface area contributed by atoms with E-state index in [4.69, 9.17) is 18.0 Å². The van der Waals surface area contributed by atoms with Crippen molar-refractivity contribution in [1.82, 2.24) is 4.90 Å². The fourth-order valence-electron chi connectivity index (χ4n) is 2.37. The van der Waals surface area contributed by atoms with Gasteiger partial charge in [0.25, 0.3) is 0 Å². The van der Waals surface area contributed by atoms with Crippen LogP contribution < -0.4 is 11.1 Å². The molecule has 0 atom stereocenters. The monoisotopic (exact) mass is 341 g/mol. The zero-order valence-electron chi connectivity index (χ0n) is 14.0. The van der Waals surface area contributed by atoms with Crippen molar-refractivity contribution in [3.05, 3.63) is 65.7 Å². The normalized spacial score (nSPS) is 10.8. The summed E-state index contributed by atoms with van der Waals surface area (Å²) in [6.45, 7) is 5.23. The van der Waals surface area contributed by atoms with E-state index in [0.29, 0.717) is 17.2 Å². The molecule has 0 radical (unpaired) electrons. The molecule has 24 heavy (non-hydrogen) atoms. The van der Waals surface area contributed by atoms with Gasteiger partial charge in [0.1, 0.15) is 4.99 Å². The first kappa shape index (κ1) is 18.1. The van der Waals surface area contributed by atoms with Crippen molar-refractivity contribution in [3.63, 3.8) is 0 Å². The van der Waals surface area contributed by atoms with E-state index in [2.05, 4.69) is 36.2 Å². The molecule has 2 aromatic carbocycles. The minimum absolute atomic E-state index is 0.0558. The average Bonchev–Trinajstić information content (AvgIpc) is 2.55. The van der Waals surface area contributed by atoms with Gasteiger partial charge in [-0.1, -0.05) is 54.7 Å². The number of thiocarbonyl (C=S) groups is 1. The molecular weight excluding hydrogens is 318 g/mol. The number of hydrogen-bond acceptors (Lipinski definition) is 3. The summed E-state index contributed by atoms with van der Waals surface area (Å²) < 4.78 is 0. The molecule has 1 amide bonds. The molecule has 126 valence electrons. The maximum atomic E-state index is 12.4. The minimum atomic E-state index is -0.0558. The highest BCUT2D eigenvalue weighted by Gasteiger charge is 2.15. The molecule has 5 heteroatoms. The van der Waals surface area contributed by atoms with Crippen molar-refractivity contribution >= 4 is 28.8 Å². The lowest BCUT2D eigenvalue weighted by Crippen LogP contribution is -2.37. The zero-order valence-corrected chi connectivity index (χ0v) is 14.8. The third-order valence-electron chi connectivity index (χ3n) is 3.74. The molecule has 2 rings (SSSR count). The molecule has 0 fully saturated rings. The molecule has 0 aliphatic rings. The molecular formula is C19H23N3OS. The van der Waals surface area contributed by atoms with Crippen molar-refractivity contribution in [2.24, 2.45) is 5.73 Å². The van der Waals surface area contributed by atoms with Gasteiger partial charge >= 0.3 is 0 Å². The number of rotatable bonds is 7. The average molecular weight is 341 g/mol. The highest BCUT2D eigenvalue weighted by Crippen LogP contribution is 2.12. The SMILES string of the molecule is CC(C)N(CC(=O)Nc1cccc(C(N)=S)c1)Cc1ccccc1. The van der Waals surface area contributed by atoms with Crippen molar-refractivity contribution in [1.29, 1.82) is 0 Å². The predicted octanol–water partition coefficient (Wildman–Crippen LogP) is 3.17. The Morgan fingerprint density at radius 1 is 1.17 bits per heavy atom. The summed E-state index contributed by atoms with van der Waals surface area (Å²) in [6.07, 6.45) is 0. The lowest BCUT2D eigenvalue weighted by Gasteiger charge is -2.26. The fourth-order valence-corrected chi connectivity index (χ4v) is 2.50. The first-order valence-corrected chi connectivity index (χ1v) is 8.34. The third kappa shape index (κ3) is 5.44. The number of amides is 1. The van der Waals surface area contributed by atoms with E-state index < -0.39 is 0 Å². The van der Waals surface area contributed by atoms with Crippen molar-refractivity contribution in [2.75, 3.05) is 11.9 Å². The summed E-state index contributed by atoms with van der Waals surface area (Å²) in [6, 6.07) is 17.7. The van der Waals surface area contributed by atoms with E-state index in [0.717, 1.165) is 12.1 Å². The van der Waals surface area contributed by atoms with Gasteiger partial charge in [-0.3, -0.25) is 9.69 Å². The Labute approximate surface area is 148 Å². The Kier molecular flexibility index (Phi) is 6.46. The zero-order chi connectivity index (χ0) is 17.5. The summed E-state index contributed by atoms with van der Waals surface area (Å²) in [5.41, 5.74) is 8.27. The van der Waals surface area contributed by atoms with Gasteiger partial charge in [0.2, 0.25) is 5.91 Å².